The van der Waals surface area contributed by atoms with Gasteiger partial charge in [-0.1, -0.05) is 19.8 Å². The smallest absolute Gasteiger partial charge is 0.338 e. The molecule has 1 aliphatic rings. The third-order valence-electron chi connectivity index (χ3n) is 3.19. The molecule has 0 aromatic rings. The molecule has 0 aromatic heterocycles. The van der Waals surface area contributed by atoms with Gasteiger partial charge < -0.3 is 14.6 Å². The Morgan fingerprint density at radius 3 is 2.69 bits per heavy atom. The van der Waals surface area contributed by atoms with Crippen molar-refractivity contribution in [2.24, 2.45) is 5.92 Å². The summed E-state index contributed by atoms with van der Waals surface area (Å²) in [5.41, 5.74) is -1.21. The highest BCUT2D eigenvalue weighted by atomic mass is 16.6. The number of carbonyl (C=O) groups is 1. The summed E-state index contributed by atoms with van der Waals surface area (Å²) in [5, 5.41) is 9.16. The molecule has 0 saturated heterocycles. The summed E-state index contributed by atoms with van der Waals surface area (Å²) >= 11 is 0. The fourth-order valence-electron chi connectivity index (χ4n) is 2.27. The molecule has 4 nitrogen and oxygen atoms in total. The van der Waals surface area contributed by atoms with Gasteiger partial charge in [-0.05, 0) is 25.7 Å². The largest absolute Gasteiger partial charge is 0.479 e. The molecule has 94 valence electrons. The number of methoxy groups -OCH3 is 1. The second-order valence-electron chi connectivity index (χ2n) is 4.98. The first-order chi connectivity index (χ1) is 7.48. The fraction of sp³-hybridized carbons (Fsp3) is 0.917. The number of carboxylic acid groups (broad SMARTS) is 1. The highest BCUT2D eigenvalue weighted by Crippen LogP contribution is 2.29. The number of hydrogen-bond donors (Lipinski definition) is 1. The monoisotopic (exact) mass is 230 g/mol. The normalized spacial score (nSPS) is 29.7. The molecule has 0 aliphatic heterocycles. The topological polar surface area (TPSA) is 55.8 Å². The van der Waals surface area contributed by atoms with E-state index in [1.807, 2.05) is 0 Å². The van der Waals surface area contributed by atoms with Gasteiger partial charge in [0.25, 0.3) is 0 Å². The second kappa shape index (κ2) is 5.64. The number of hydrogen-bond acceptors (Lipinski definition) is 3. The molecule has 1 rings (SSSR count). The average Bonchev–Trinajstić information content (AvgIpc) is 2.17. The van der Waals surface area contributed by atoms with Crippen molar-refractivity contribution in [1.29, 1.82) is 0 Å². The Balaban J connectivity index is 2.57. The Morgan fingerprint density at radius 1 is 1.50 bits per heavy atom. The number of aliphatic carboxylic acids is 1. The van der Waals surface area contributed by atoms with Crippen LogP contribution >= 0.6 is 0 Å². The summed E-state index contributed by atoms with van der Waals surface area (Å²) in [4.78, 5) is 11.2. The molecular formula is C12H22O4. The van der Waals surface area contributed by atoms with E-state index < -0.39 is 11.6 Å². The standard InChI is InChI=1S/C12H22O4/c1-9-5-4-6-10(7-9)16-12(2,8-15-3)11(13)14/h9-10H,4-8H2,1-3H3,(H,13,14). The van der Waals surface area contributed by atoms with Crippen LogP contribution in [0.5, 0.6) is 0 Å². The quantitative estimate of drug-likeness (QED) is 0.785. The number of carboxylic acids is 1. The molecule has 0 bridgehead atoms. The maximum absolute atomic E-state index is 11.2. The van der Waals surface area contributed by atoms with E-state index in [4.69, 9.17) is 14.6 Å². The first-order valence-corrected chi connectivity index (χ1v) is 5.88. The summed E-state index contributed by atoms with van der Waals surface area (Å²) < 4.78 is 10.7. The summed E-state index contributed by atoms with van der Waals surface area (Å²) in [7, 11) is 1.49. The molecule has 1 N–H and O–H groups in total. The summed E-state index contributed by atoms with van der Waals surface area (Å²) in [6.45, 7) is 3.86. The van der Waals surface area contributed by atoms with Crippen molar-refractivity contribution in [2.75, 3.05) is 13.7 Å². The van der Waals surface area contributed by atoms with E-state index in [2.05, 4.69) is 6.92 Å². The van der Waals surface area contributed by atoms with Gasteiger partial charge in [0.1, 0.15) is 0 Å². The highest BCUT2D eigenvalue weighted by molar-refractivity contribution is 5.77. The van der Waals surface area contributed by atoms with E-state index in [0.717, 1.165) is 19.3 Å². The van der Waals surface area contributed by atoms with Gasteiger partial charge in [-0.15, -0.1) is 0 Å². The Morgan fingerprint density at radius 2 is 2.19 bits per heavy atom. The zero-order valence-electron chi connectivity index (χ0n) is 10.4. The van der Waals surface area contributed by atoms with Crippen LogP contribution in [0.2, 0.25) is 0 Å². The van der Waals surface area contributed by atoms with Crippen molar-refractivity contribution in [3.63, 3.8) is 0 Å². The van der Waals surface area contributed by atoms with Gasteiger partial charge >= 0.3 is 5.97 Å². The number of rotatable bonds is 5. The molecule has 1 aliphatic carbocycles. The summed E-state index contributed by atoms with van der Waals surface area (Å²) in [5.74, 6) is -0.327. The van der Waals surface area contributed by atoms with Gasteiger partial charge in [-0.25, -0.2) is 4.79 Å². The van der Waals surface area contributed by atoms with Gasteiger partial charge in [-0.3, -0.25) is 0 Å². The predicted octanol–water partition coefficient (Wildman–Crippen LogP) is 2.07. The van der Waals surface area contributed by atoms with E-state index in [1.165, 1.54) is 13.5 Å². The molecular weight excluding hydrogens is 208 g/mol. The van der Waals surface area contributed by atoms with Crippen molar-refractivity contribution >= 4 is 5.97 Å². The number of ether oxygens (including phenoxy) is 2. The van der Waals surface area contributed by atoms with E-state index >= 15 is 0 Å². The molecule has 3 atom stereocenters. The molecule has 0 heterocycles. The Labute approximate surface area is 96.9 Å². The minimum atomic E-state index is -1.21. The lowest BCUT2D eigenvalue weighted by Gasteiger charge is -2.34. The summed E-state index contributed by atoms with van der Waals surface area (Å²) in [6, 6.07) is 0. The van der Waals surface area contributed by atoms with Crippen LogP contribution in [0.4, 0.5) is 0 Å². The first kappa shape index (κ1) is 13.5. The molecule has 3 unspecified atom stereocenters. The first-order valence-electron chi connectivity index (χ1n) is 5.88. The molecule has 0 amide bonds. The Kier molecular flexibility index (Phi) is 4.74. The average molecular weight is 230 g/mol. The zero-order valence-corrected chi connectivity index (χ0v) is 10.4. The second-order valence-corrected chi connectivity index (χ2v) is 4.98. The van der Waals surface area contributed by atoms with Crippen LogP contribution in [0.1, 0.15) is 39.5 Å². The lowest BCUT2D eigenvalue weighted by molar-refractivity contribution is -0.182. The van der Waals surface area contributed by atoms with Gasteiger partial charge in [0.05, 0.1) is 12.7 Å². The Hall–Kier alpha value is -0.610. The minimum absolute atomic E-state index is 0.0556. The highest BCUT2D eigenvalue weighted by Gasteiger charge is 2.38. The molecule has 0 radical (unpaired) electrons. The van der Waals surface area contributed by atoms with E-state index in [1.54, 1.807) is 6.92 Å². The predicted molar refractivity (Wildman–Crippen MR) is 60.4 cm³/mol. The minimum Gasteiger partial charge on any atom is -0.479 e. The SMILES string of the molecule is COCC(C)(OC1CCCC(C)C1)C(=O)O. The zero-order chi connectivity index (χ0) is 12.2. The van der Waals surface area contributed by atoms with Crippen LogP contribution in [-0.2, 0) is 14.3 Å². The molecule has 16 heavy (non-hydrogen) atoms. The summed E-state index contributed by atoms with van der Waals surface area (Å²) in [6.07, 6.45) is 4.30. The van der Waals surface area contributed by atoms with Gasteiger partial charge in [0.2, 0.25) is 0 Å². The third-order valence-corrected chi connectivity index (χ3v) is 3.19. The Bertz CT molecular complexity index is 241. The lowest BCUT2D eigenvalue weighted by Crippen LogP contribution is -2.46. The third kappa shape index (κ3) is 3.46. The van der Waals surface area contributed by atoms with Crippen LogP contribution in [0.15, 0.2) is 0 Å². The maximum Gasteiger partial charge on any atom is 0.338 e. The van der Waals surface area contributed by atoms with Crippen molar-refractivity contribution in [3.05, 3.63) is 0 Å². The van der Waals surface area contributed by atoms with Crippen molar-refractivity contribution in [1.82, 2.24) is 0 Å². The molecule has 1 fully saturated rings. The van der Waals surface area contributed by atoms with Crippen LogP contribution < -0.4 is 0 Å². The maximum atomic E-state index is 11.2. The van der Waals surface area contributed by atoms with E-state index in [-0.39, 0.29) is 12.7 Å². The molecule has 0 spiro atoms. The van der Waals surface area contributed by atoms with Crippen molar-refractivity contribution in [3.8, 4) is 0 Å². The van der Waals surface area contributed by atoms with Gasteiger partial charge in [0.15, 0.2) is 5.60 Å². The van der Waals surface area contributed by atoms with Gasteiger partial charge in [-0.2, -0.15) is 0 Å². The van der Waals surface area contributed by atoms with Crippen LogP contribution in [0.3, 0.4) is 0 Å². The fourth-order valence-corrected chi connectivity index (χ4v) is 2.27. The van der Waals surface area contributed by atoms with Gasteiger partial charge in [0, 0.05) is 7.11 Å². The molecule has 4 heteroatoms. The lowest BCUT2D eigenvalue weighted by atomic mass is 9.88. The van der Waals surface area contributed by atoms with Crippen molar-refractivity contribution in [2.45, 2.75) is 51.2 Å². The van der Waals surface area contributed by atoms with E-state index in [9.17, 15) is 4.79 Å². The van der Waals surface area contributed by atoms with E-state index in [0.29, 0.717) is 5.92 Å². The molecule has 0 aromatic carbocycles. The van der Waals surface area contributed by atoms with Crippen LogP contribution in [0, 0.1) is 5.92 Å². The van der Waals surface area contributed by atoms with Crippen LogP contribution in [0.25, 0.3) is 0 Å². The van der Waals surface area contributed by atoms with Crippen molar-refractivity contribution < 1.29 is 19.4 Å². The molecule has 1 saturated carbocycles. The van der Waals surface area contributed by atoms with Crippen LogP contribution in [-0.4, -0.2) is 36.5 Å².